The summed E-state index contributed by atoms with van der Waals surface area (Å²) in [6.45, 7) is 6.82. The Kier molecular flexibility index (Phi) is 6.29. The zero-order chi connectivity index (χ0) is 15.1. The van der Waals surface area contributed by atoms with Crippen molar-refractivity contribution in [3.8, 4) is 0 Å². The summed E-state index contributed by atoms with van der Waals surface area (Å²) >= 11 is 0. The standard InChI is InChI=1S/C15H25N2O4/c1-2-21-15(19)17-9-6-13(11-20-12-18)10-14(17)16-7-4-3-5-8-16/h13-14H,2-11H2,1H3. The summed E-state index contributed by atoms with van der Waals surface area (Å²) in [5, 5.41) is 0. The van der Waals surface area contributed by atoms with Gasteiger partial charge in [-0.3, -0.25) is 9.80 Å². The van der Waals surface area contributed by atoms with E-state index in [1.165, 1.54) is 25.7 Å². The molecule has 21 heavy (non-hydrogen) atoms. The highest BCUT2D eigenvalue weighted by atomic mass is 16.6. The van der Waals surface area contributed by atoms with E-state index >= 15 is 0 Å². The van der Waals surface area contributed by atoms with E-state index in [2.05, 4.69) is 4.90 Å². The second kappa shape index (κ2) is 8.22. The third-order valence-electron chi connectivity index (χ3n) is 4.37. The lowest BCUT2D eigenvalue weighted by atomic mass is 9.93. The Balaban J connectivity index is 2.01. The fourth-order valence-electron chi connectivity index (χ4n) is 3.30. The molecular weight excluding hydrogens is 272 g/mol. The highest BCUT2D eigenvalue weighted by Gasteiger charge is 2.36. The molecule has 0 aromatic heterocycles. The van der Waals surface area contributed by atoms with Crippen molar-refractivity contribution in [2.24, 2.45) is 5.92 Å². The number of ether oxygens (including phenoxy) is 2. The monoisotopic (exact) mass is 297 g/mol. The lowest BCUT2D eigenvalue weighted by molar-refractivity contribution is -0.0215. The molecule has 2 unspecified atom stereocenters. The van der Waals surface area contributed by atoms with Crippen LogP contribution in [0.4, 0.5) is 4.79 Å². The number of carbonyl (C=O) groups is 1. The van der Waals surface area contributed by atoms with Crippen molar-refractivity contribution in [1.29, 1.82) is 0 Å². The maximum atomic E-state index is 12.2. The van der Waals surface area contributed by atoms with Gasteiger partial charge < -0.3 is 9.47 Å². The zero-order valence-electron chi connectivity index (χ0n) is 12.8. The first-order valence-corrected chi connectivity index (χ1v) is 7.92. The van der Waals surface area contributed by atoms with Crippen LogP contribution in [0, 0.1) is 5.92 Å². The Bertz CT molecular complexity index is 345. The SMILES string of the molecule is CCOC(=O)N1CCC(CO[C]=O)CC1N1CCCCC1. The van der Waals surface area contributed by atoms with Gasteiger partial charge in [-0.2, -0.15) is 0 Å². The Morgan fingerprint density at radius 2 is 2.00 bits per heavy atom. The summed E-state index contributed by atoms with van der Waals surface area (Å²) in [5.74, 6) is 0.295. The molecule has 2 fully saturated rings. The van der Waals surface area contributed by atoms with Gasteiger partial charge in [-0.15, -0.1) is 0 Å². The summed E-state index contributed by atoms with van der Waals surface area (Å²) in [6.07, 6.45) is 5.13. The van der Waals surface area contributed by atoms with Gasteiger partial charge in [0, 0.05) is 19.6 Å². The molecule has 0 bridgehead atoms. The van der Waals surface area contributed by atoms with Gasteiger partial charge in [0.25, 0.3) is 0 Å². The second-order valence-corrected chi connectivity index (χ2v) is 5.75. The van der Waals surface area contributed by atoms with Gasteiger partial charge in [0.1, 0.15) is 0 Å². The van der Waals surface area contributed by atoms with Crippen molar-refractivity contribution in [3.63, 3.8) is 0 Å². The van der Waals surface area contributed by atoms with Crippen LogP contribution >= 0.6 is 0 Å². The number of carbonyl (C=O) groups excluding carboxylic acids is 2. The van der Waals surface area contributed by atoms with Crippen LogP contribution in [0.1, 0.15) is 39.0 Å². The third-order valence-corrected chi connectivity index (χ3v) is 4.37. The molecule has 1 radical (unpaired) electrons. The number of piperidine rings is 2. The molecule has 0 saturated carbocycles. The van der Waals surface area contributed by atoms with Crippen molar-refractivity contribution < 1.29 is 19.1 Å². The molecule has 0 aliphatic carbocycles. The number of rotatable bonds is 5. The molecular formula is C15H25N2O4. The van der Waals surface area contributed by atoms with Crippen LogP contribution in [0.25, 0.3) is 0 Å². The summed E-state index contributed by atoms with van der Waals surface area (Å²) < 4.78 is 9.98. The van der Waals surface area contributed by atoms with Crippen molar-refractivity contribution in [3.05, 3.63) is 0 Å². The molecule has 2 heterocycles. The summed E-state index contributed by atoms with van der Waals surface area (Å²) in [7, 11) is 0. The normalized spacial score (nSPS) is 27.2. The molecule has 2 rings (SSSR count). The number of nitrogens with zero attached hydrogens (tertiary/aromatic N) is 2. The largest absolute Gasteiger partial charge is 0.457 e. The van der Waals surface area contributed by atoms with E-state index in [1.54, 1.807) is 0 Å². The van der Waals surface area contributed by atoms with Crippen LogP contribution in [0.5, 0.6) is 0 Å². The smallest absolute Gasteiger partial charge is 0.417 e. The average Bonchev–Trinajstić information content (AvgIpc) is 2.53. The topological polar surface area (TPSA) is 59.1 Å². The van der Waals surface area contributed by atoms with Crippen LogP contribution in [0.2, 0.25) is 0 Å². The van der Waals surface area contributed by atoms with Crippen molar-refractivity contribution in [2.75, 3.05) is 32.8 Å². The van der Waals surface area contributed by atoms with E-state index in [9.17, 15) is 9.59 Å². The van der Waals surface area contributed by atoms with Crippen molar-refractivity contribution in [2.45, 2.75) is 45.2 Å². The molecule has 2 atom stereocenters. The maximum absolute atomic E-state index is 12.2. The molecule has 0 spiro atoms. The predicted molar refractivity (Wildman–Crippen MR) is 77.3 cm³/mol. The minimum absolute atomic E-state index is 0.0679. The van der Waals surface area contributed by atoms with Crippen LogP contribution in [-0.4, -0.2) is 61.4 Å². The quantitative estimate of drug-likeness (QED) is 0.774. The predicted octanol–water partition coefficient (Wildman–Crippen LogP) is 1.75. The molecule has 2 aliphatic rings. The Labute approximate surface area is 126 Å². The molecule has 6 heteroatoms. The minimum atomic E-state index is -0.227. The maximum Gasteiger partial charge on any atom is 0.417 e. The lowest BCUT2D eigenvalue weighted by Crippen LogP contribution is -2.56. The van der Waals surface area contributed by atoms with E-state index in [4.69, 9.17) is 9.47 Å². The average molecular weight is 297 g/mol. The van der Waals surface area contributed by atoms with Crippen LogP contribution < -0.4 is 0 Å². The second-order valence-electron chi connectivity index (χ2n) is 5.75. The molecule has 6 nitrogen and oxygen atoms in total. The van der Waals surface area contributed by atoms with E-state index in [1.807, 2.05) is 11.8 Å². The summed E-state index contributed by atoms with van der Waals surface area (Å²) in [6, 6.07) is 0. The van der Waals surface area contributed by atoms with Gasteiger partial charge in [-0.1, -0.05) is 6.42 Å². The molecule has 0 aromatic rings. The zero-order valence-corrected chi connectivity index (χ0v) is 12.8. The van der Waals surface area contributed by atoms with Gasteiger partial charge >= 0.3 is 12.6 Å². The highest BCUT2D eigenvalue weighted by molar-refractivity contribution is 5.68. The number of hydrogen-bond donors (Lipinski definition) is 0. The van der Waals surface area contributed by atoms with Crippen LogP contribution in [0.15, 0.2) is 0 Å². The third kappa shape index (κ3) is 4.33. The van der Waals surface area contributed by atoms with Crippen LogP contribution in [-0.2, 0) is 14.3 Å². The fraction of sp³-hybridized carbons (Fsp3) is 0.867. The highest BCUT2D eigenvalue weighted by Crippen LogP contribution is 2.28. The van der Waals surface area contributed by atoms with Gasteiger partial charge in [0.2, 0.25) is 0 Å². The van der Waals surface area contributed by atoms with E-state index in [-0.39, 0.29) is 12.3 Å². The van der Waals surface area contributed by atoms with Crippen LogP contribution in [0.3, 0.4) is 0 Å². The summed E-state index contributed by atoms with van der Waals surface area (Å²) in [5.41, 5.74) is 0. The van der Waals surface area contributed by atoms with Gasteiger partial charge in [-0.05, 0) is 38.5 Å². The first-order valence-electron chi connectivity index (χ1n) is 7.92. The molecule has 2 aliphatic heterocycles. The van der Waals surface area contributed by atoms with E-state index in [0.717, 1.165) is 25.9 Å². The summed E-state index contributed by atoms with van der Waals surface area (Å²) in [4.78, 5) is 26.6. The Hall–Kier alpha value is -1.30. The van der Waals surface area contributed by atoms with Crippen molar-refractivity contribution >= 4 is 12.6 Å². The molecule has 1 amide bonds. The molecule has 0 N–H and O–H groups in total. The van der Waals surface area contributed by atoms with Crippen molar-refractivity contribution in [1.82, 2.24) is 9.80 Å². The van der Waals surface area contributed by atoms with E-state index < -0.39 is 0 Å². The Morgan fingerprint density at radius 3 is 2.67 bits per heavy atom. The molecule has 0 aromatic carbocycles. The Morgan fingerprint density at radius 1 is 1.24 bits per heavy atom. The fourth-order valence-corrected chi connectivity index (χ4v) is 3.30. The number of amides is 1. The van der Waals surface area contributed by atoms with Gasteiger partial charge in [-0.25, -0.2) is 9.59 Å². The number of hydrogen-bond acceptors (Lipinski definition) is 5. The van der Waals surface area contributed by atoms with Gasteiger partial charge in [0.15, 0.2) is 0 Å². The number of likely N-dealkylation sites (tertiary alicyclic amines) is 2. The minimum Gasteiger partial charge on any atom is -0.457 e. The first kappa shape index (κ1) is 16.1. The molecule has 119 valence electrons. The molecule has 2 saturated heterocycles. The first-order chi connectivity index (χ1) is 10.3. The lowest BCUT2D eigenvalue weighted by Gasteiger charge is -2.45. The van der Waals surface area contributed by atoms with E-state index in [0.29, 0.717) is 25.7 Å². The van der Waals surface area contributed by atoms with Gasteiger partial charge in [0.05, 0.1) is 19.4 Å².